The van der Waals surface area contributed by atoms with E-state index in [0.29, 0.717) is 24.2 Å². The molecule has 7 nitrogen and oxygen atoms in total. The number of carbonyl (C=O) groups excluding carboxylic acids is 2. The van der Waals surface area contributed by atoms with E-state index in [1.807, 2.05) is 18.2 Å². The Labute approximate surface area is 250 Å². The molecule has 0 unspecified atom stereocenters. The van der Waals surface area contributed by atoms with Crippen LogP contribution >= 0.6 is 0 Å². The lowest BCUT2D eigenvalue weighted by Crippen LogP contribution is -2.38. The Hall–Kier alpha value is -2.12. The zero-order valence-electron chi connectivity index (χ0n) is 26.2. The maximum atomic E-state index is 13.4. The van der Waals surface area contributed by atoms with Crippen molar-refractivity contribution in [2.75, 3.05) is 62.7 Å². The van der Waals surface area contributed by atoms with Crippen molar-refractivity contribution in [1.29, 1.82) is 0 Å². The number of nitrogens with zero attached hydrogens (tertiary/aromatic N) is 2. The lowest BCUT2D eigenvalue weighted by molar-refractivity contribution is -0.116. The summed E-state index contributed by atoms with van der Waals surface area (Å²) in [6.45, 7) is 11.6. The summed E-state index contributed by atoms with van der Waals surface area (Å²) in [6, 6.07) is 5.86. The van der Waals surface area contributed by atoms with Gasteiger partial charge < -0.3 is 20.3 Å². The van der Waals surface area contributed by atoms with E-state index >= 15 is 0 Å². The van der Waals surface area contributed by atoms with Gasteiger partial charge in [0.15, 0.2) is 0 Å². The molecule has 232 valence electrons. The molecule has 2 fully saturated rings. The fraction of sp³-hybridized carbons (Fsp3) is 0.765. The first-order valence-electron chi connectivity index (χ1n) is 16.8. The first kappa shape index (κ1) is 33.4. The molecule has 0 bridgehead atoms. The van der Waals surface area contributed by atoms with Gasteiger partial charge in [0.2, 0.25) is 5.91 Å². The third-order valence-electron chi connectivity index (χ3n) is 8.70. The van der Waals surface area contributed by atoms with Crippen LogP contribution in [0.15, 0.2) is 18.2 Å². The fourth-order valence-corrected chi connectivity index (χ4v) is 5.92. The minimum atomic E-state index is -0.0536. The first-order chi connectivity index (χ1) is 20.1. The number of hydrogen-bond acceptors (Lipinski definition) is 5. The molecule has 2 aliphatic rings. The highest BCUT2D eigenvalue weighted by Gasteiger charge is 2.22. The van der Waals surface area contributed by atoms with Gasteiger partial charge in [-0.1, -0.05) is 78.1 Å². The molecule has 2 heterocycles. The summed E-state index contributed by atoms with van der Waals surface area (Å²) in [7, 11) is 0. The largest absolute Gasteiger partial charge is 0.379 e. The zero-order valence-corrected chi connectivity index (χ0v) is 26.2. The first-order valence-corrected chi connectivity index (χ1v) is 16.8. The number of unbranched alkanes of at least 4 members (excludes halogenated alkanes) is 10. The van der Waals surface area contributed by atoms with Crippen molar-refractivity contribution >= 4 is 23.2 Å². The minimum absolute atomic E-state index is 0.0392. The van der Waals surface area contributed by atoms with Crippen molar-refractivity contribution in [2.45, 2.75) is 110 Å². The van der Waals surface area contributed by atoms with Crippen molar-refractivity contribution in [3.8, 4) is 0 Å². The number of anilines is 2. The molecule has 2 amide bonds. The number of piperidine rings is 1. The standard InChI is InChI=1S/C34H58N4O3/c1-3-4-5-6-7-8-9-10-11-12-13-15-33(39)36-30-16-17-32(38-22-18-29(2)19-23-38)31(28-30)34(40)35-20-14-21-37-24-26-41-27-25-37/h16-17,28-29H,3-15,18-27H2,1-2H3,(H,35,40)(H,36,39). The number of amides is 2. The van der Waals surface area contributed by atoms with Gasteiger partial charge in [0, 0.05) is 50.5 Å². The molecule has 41 heavy (non-hydrogen) atoms. The molecule has 7 heteroatoms. The zero-order chi connectivity index (χ0) is 29.1. The summed E-state index contributed by atoms with van der Waals surface area (Å²) >= 11 is 0. The van der Waals surface area contributed by atoms with Gasteiger partial charge in [0.1, 0.15) is 0 Å². The molecular weight excluding hydrogens is 512 g/mol. The normalized spacial score (nSPS) is 16.6. The lowest BCUT2D eigenvalue weighted by Gasteiger charge is -2.33. The summed E-state index contributed by atoms with van der Waals surface area (Å²) < 4.78 is 5.43. The van der Waals surface area contributed by atoms with Crippen LogP contribution in [0.4, 0.5) is 11.4 Å². The molecule has 0 atom stereocenters. The molecule has 0 saturated carbocycles. The number of benzene rings is 1. The predicted molar refractivity (Wildman–Crippen MR) is 171 cm³/mol. The monoisotopic (exact) mass is 570 g/mol. The van der Waals surface area contributed by atoms with Crippen LogP contribution in [-0.4, -0.2) is 69.2 Å². The molecule has 2 saturated heterocycles. The van der Waals surface area contributed by atoms with Crippen LogP contribution in [0.25, 0.3) is 0 Å². The van der Waals surface area contributed by atoms with E-state index in [9.17, 15) is 9.59 Å². The SMILES string of the molecule is CCCCCCCCCCCCCC(=O)Nc1ccc(N2CCC(C)CC2)c(C(=O)NCCCN2CCOCC2)c1. The van der Waals surface area contributed by atoms with E-state index in [4.69, 9.17) is 4.74 Å². The number of nitrogens with one attached hydrogen (secondary N) is 2. The van der Waals surface area contributed by atoms with Crippen LogP contribution in [0.5, 0.6) is 0 Å². The van der Waals surface area contributed by atoms with Gasteiger partial charge in [-0.15, -0.1) is 0 Å². The van der Waals surface area contributed by atoms with Crippen LogP contribution in [-0.2, 0) is 9.53 Å². The number of carbonyl (C=O) groups is 2. The smallest absolute Gasteiger partial charge is 0.253 e. The van der Waals surface area contributed by atoms with Crippen molar-refractivity contribution in [1.82, 2.24) is 10.2 Å². The van der Waals surface area contributed by atoms with Crippen LogP contribution in [0, 0.1) is 5.92 Å². The quantitative estimate of drug-likeness (QED) is 0.175. The number of hydrogen-bond donors (Lipinski definition) is 2. The Morgan fingerprint density at radius 2 is 1.49 bits per heavy atom. The van der Waals surface area contributed by atoms with Crippen LogP contribution in [0.1, 0.15) is 121 Å². The third kappa shape index (κ3) is 13.2. The van der Waals surface area contributed by atoms with Gasteiger partial charge in [-0.3, -0.25) is 14.5 Å². The van der Waals surface area contributed by atoms with E-state index in [1.54, 1.807) is 0 Å². The molecule has 1 aromatic carbocycles. The highest BCUT2D eigenvalue weighted by molar-refractivity contribution is 6.02. The Bertz CT molecular complexity index is 879. The van der Waals surface area contributed by atoms with Crippen molar-refractivity contribution in [3.63, 3.8) is 0 Å². The van der Waals surface area contributed by atoms with E-state index < -0.39 is 0 Å². The Morgan fingerprint density at radius 1 is 0.854 bits per heavy atom. The van der Waals surface area contributed by atoms with E-state index in [0.717, 1.165) is 89.6 Å². The summed E-state index contributed by atoms with van der Waals surface area (Å²) in [5, 5.41) is 6.21. The van der Waals surface area contributed by atoms with Gasteiger partial charge in [-0.05, 0) is 56.3 Å². The van der Waals surface area contributed by atoms with Crippen molar-refractivity contribution < 1.29 is 14.3 Å². The Kier molecular flexibility index (Phi) is 16.2. The maximum Gasteiger partial charge on any atom is 0.253 e. The average Bonchev–Trinajstić information content (AvgIpc) is 2.99. The Morgan fingerprint density at radius 3 is 2.15 bits per heavy atom. The molecule has 2 aliphatic heterocycles. The molecule has 0 aliphatic carbocycles. The van der Waals surface area contributed by atoms with E-state index in [1.165, 1.54) is 57.8 Å². The molecule has 0 radical (unpaired) electrons. The van der Waals surface area contributed by atoms with E-state index in [-0.39, 0.29) is 11.8 Å². The van der Waals surface area contributed by atoms with Crippen LogP contribution in [0.3, 0.4) is 0 Å². The molecule has 0 aromatic heterocycles. The van der Waals surface area contributed by atoms with Crippen LogP contribution < -0.4 is 15.5 Å². The van der Waals surface area contributed by atoms with Crippen molar-refractivity contribution in [2.24, 2.45) is 5.92 Å². The van der Waals surface area contributed by atoms with Crippen LogP contribution in [0.2, 0.25) is 0 Å². The fourth-order valence-electron chi connectivity index (χ4n) is 5.92. The van der Waals surface area contributed by atoms with Gasteiger partial charge in [-0.2, -0.15) is 0 Å². The number of ether oxygens (including phenoxy) is 1. The second-order valence-corrected chi connectivity index (χ2v) is 12.3. The second-order valence-electron chi connectivity index (χ2n) is 12.3. The highest BCUT2D eigenvalue weighted by atomic mass is 16.5. The van der Waals surface area contributed by atoms with Gasteiger partial charge in [0.05, 0.1) is 18.8 Å². The number of rotatable bonds is 19. The molecule has 3 rings (SSSR count). The lowest BCUT2D eigenvalue weighted by atomic mass is 9.97. The van der Waals surface area contributed by atoms with Gasteiger partial charge >= 0.3 is 0 Å². The summed E-state index contributed by atoms with van der Waals surface area (Å²) in [5.74, 6) is 0.706. The minimum Gasteiger partial charge on any atom is -0.379 e. The van der Waals surface area contributed by atoms with Gasteiger partial charge in [0.25, 0.3) is 5.91 Å². The topological polar surface area (TPSA) is 73.9 Å². The average molecular weight is 571 g/mol. The van der Waals surface area contributed by atoms with E-state index in [2.05, 4.69) is 34.3 Å². The molecule has 2 N–H and O–H groups in total. The number of morpholine rings is 1. The summed E-state index contributed by atoms with van der Waals surface area (Å²) in [5.41, 5.74) is 2.36. The maximum absolute atomic E-state index is 13.4. The van der Waals surface area contributed by atoms with Gasteiger partial charge in [-0.25, -0.2) is 0 Å². The Balaban J connectivity index is 1.43. The third-order valence-corrected chi connectivity index (χ3v) is 8.70. The van der Waals surface area contributed by atoms with Crippen molar-refractivity contribution in [3.05, 3.63) is 23.8 Å². The molecule has 0 spiro atoms. The predicted octanol–water partition coefficient (Wildman–Crippen LogP) is 7.01. The molecule has 1 aromatic rings. The second kappa shape index (κ2) is 19.9. The summed E-state index contributed by atoms with van der Waals surface area (Å²) in [6.07, 6.45) is 17.7. The highest BCUT2D eigenvalue weighted by Crippen LogP contribution is 2.29. The molecular formula is C34H58N4O3. The summed E-state index contributed by atoms with van der Waals surface area (Å²) in [4.78, 5) is 30.8.